The van der Waals surface area contributed by atoms with Gasteiger partial charge in [0, 0.05) is 35.9 Å². The van der Waals surface area contributed by atoms with Crippen LogP contribution in [0.3, 0.4) is 0 Å². The van der Waals surface area contributed by atoms with Crippen LogP contribution in [-0.4, -0.2) is 19.6 Å². The van der Waals surface area contributed by atoms with Crippen molar-refractivity contribution in [3.05, 3.63) is 65.1 Å². The topological polar surface area (TPSA) is 51.5 Å². The van der Waals surface area contributed by atoms with Gasteiger partial charge in [-0.25, -0.2) is 0 Å². The summed E-state index contributed by atoms with van der Waals surface area (Å²) < 4.78 is 10.3. The van der Waals surface area contributed by atoms with E-state index < -0.39 is 0 Å². The first-order chi connectivity index (χ1) is 10.2. The standard InChI is InChI=1S/C16H16ClNO3/c1-20-15(13-4-2-3-5-14(13)17)10-18-16(19)7-6-12-8-9-21-11-12/h2-9,11,15H,10H2,1H3,(H,18,19). The van der Waals surface area contributed by atoms with Gasteiger partial charge < -0.3 is 14.5 Å². The maximum absolute atomic E-state index is 11.8. The van der Waals surface area contributed by atoms with Crippen molar-refractivity contribution >= 4 is 23.6 Å². The predicted octanol–water partition coefficient (Wildman–Crippen LogP) is 3.45. The molecule has 2 aromatic rings. The van der Waals surface area contributed by atoms with E-state index in [9.17, 15) is 4.79 Å². The van der Waals surface area contributed by atoms with Crippen LogP contribution in [0, 0.1) is 0 Å². The Morgan fingerprint density at radius 1 is 1.43 bits per heavy atom. The molecule has 1 aromatic heterocycles. The third-order valence-corrected chi connectivity index (χ3v) is 3.31. The zero-order valence-corrected chi connectivity index (χ0v) is 12.3. The van der Waals surface area contributed by atoms with E-state index in [0.29, 0.717) is 11.6 Å². The number of amides is 1. The molecule has 1 atom stereocenters. The molecule has 1 N–H and O–H groups in total. The van der Waals surface area contributed by atoms with Crippen LogP contribution in [0.4, 0.5) is 0 Å². The lowest BCUT2D eigenvalue weighted by Crippen LogP contribution is -2.27. The Bertz CT molecular complexity index is 608. The molecule has 2 rings (SSSR count). The van der Waals surface area contributed by atoms with Gasteiger partial charge in [0.15, 0.2) is 0 Å². The monoisotopic (exact) mass is 305 g/mol. The normalized spacial score (nSPS) is 12.5. The highest BCUT2D eigenvalue weighted by atomic mass is 35.5. The van der Waals surface area contributed by atoms with Gasteiger partial charge in [-0.3, -0.25) is 4.79 Å². The molecule has 0 aliphatic carbocycles. The van der Waals surface area contributed by atoms with Crippen molar-refractivity contribution in [2.45, 2.75) is 6.10 Å². The van der Waals surface area contributed by atoms with Crippen LogP contribution < -0.4 is 5.32 Å². The molecule has 1 heterocycles. The van der Waals surface area contributed by atoms with Crippen molar-refractivity contribution in [2.75, 3.05) is 13.7 Å². The van der Waals surface area contributed by atoms with Gasteiger partial charge in [-0.05, 0) is 18.2 Å². The van der Waals surface area contributed by atoms with Gasteiger partial charge in [0.05, 0.1) is 12.5 Å². The number of furan rings is 1. The van der Waals surface area contributed by atoms with Crippen LogP contribution in [-0.2, 0) is 9.53 Å². The van der Waals surface area contributed by atoms with Crippen LogP contribution in [0.15, 0.2) is 53.4 Å². The van der Waals surface area contributed by atoms with E-state index in [2.05, 4.69) is 5.32 Å². The summed E-state index contributed by atoms with van der Waals surface area (Å²) in [6, 6.07) is 9.18. The van der Waals surface area contributed by atoms with Gasteiger partial charge in [0.25, 0.3) is 0 Å². The van der Waals surface area contributed by atoms with E-state index in [1.54, 1.807) is 37.8 Å². The van der Waals surface area contributed by atoms with E-state index in [4.69, 9.17) is 20.8 Å². The van der Waals surface area contributed by atoms with Crippen LogP contribution in [0.25, 0.3) is 6.08 Å². The smallest absolute Gasteiger partial charge is 0.244 e. The van der Waals surface area contributed by atoms with Crippen molar-refractivity contribution in [3.63, 3.8) is 0 Å². The van der Waals surface area contributed by atoms with Crippen LogP contribution >= 0.6 is 11.6 Å². The van der Waals surface area contributed by atoms with Crippen molar-refractivity contribution < 1.29 is 13.9 Å². The van der Waals surface area contributed by atoms with Crippen molar-refractivity contribution in [1.29, 1.82) is 0 Å². The summed E-state index contributed by atoms with van der Waals surface area (Å²) >= 11 is 6.12. The fourth-order valence-corrected chi connectivity index (χ4v) is 2.11. The molecule has 110 valence electrons. The molecule has 0 saturated carbocycles. The molecule has 1 unspecified atom stereocenters. The minimum atomic E-state index is -0.287. The van der Waals surface area contributed by atoms with Gasteiger partial charge in [-0.2, -0.15) is 0 Å². The van der Waals surface area contributed by atoms with Gasteiger partial charge in [0.2, 0.25) is 5.91 Å². The van der Waals surface area contributed by atoms with Crippen LogP contribution in [0.5, 0.6) is 0 Å². The first-order valence-electron chi connectivity index (χ1n) is 6.46. The summed E-state index contributed by atoms with van der Waals surface area (Å²) in [6.07, 6.45) is 5.95. The van der Waals surface area contributed by atoms with Crippen molar-refractivity contribution in [2.24, 2.45) is 0 Å². The number of benzene rings is 1. The number of methoxy groups -OCH3 is 1. The first-order valence-corrected chi connectivity index (χ1v) is 6.84. The second kappa shape index (κ2) is 7.67. The molecule has 0 spiro atoms. The molecule has 1 amide bonds. The van der Waals surface area contributed by atoms with Crippen LogP contribution in [0.1, 0.15) is 17.2 Å². The van der Waals surface area contributed by atoms with E-state index in [-0.39, 0.29) is 12.0 Å². The van der Waals surface area contributed by atoms with E-state index in [1.807, 2.05) is 18.2 Å². The Morgan fingerprint density at radius 3 is 2.90 bits per heavy atom. The Labute approximate surface area is 128 Å². The molecule has 0 saturated heterocycles. The highest BCUT2D eigenvalue weighted by Crippen LogP contribution is 2.24. The van der Waals surface area contributed by atoms with E-state index >= 15 is 0 Å². The summed E-state index contributed by atoms with van der Waals surface area (Å²) in [7, 11) is 1.58. The quantitative estimate of drug-likeness (QED) is 0.832. The number of ether oxygens (including phenoxy) is 1. The average molecular weight is 306 g/mol. The fraction of sp³-hybridized carbons (Fsp3) is 0.188. The van der Waals surface area contributed by atoms with E-state index in [0.717, 1.165) is 11.1 Å². The highest BCUT2D eigenvalue weighted by molar-refractivity contribution is 6.31. The maximum atomic E-state index is 11.8. The highest BCUT2D eigenvalue weighted by Gasteiger charge is 2.14. The molecule has 0 bridgehead atoms. The molecular formula is C16H16ClNO3. The number of nitrogens with one attached hydrogen (secondary N) is 1. The molecule has 0 aliphatic rings. The largest absolute Gasteiger partial charge is 0.472 e. The number of rotatable bonds is 6. The Morgan fingerprint density at radius 2 is 2.24 bits per heavy atom. The number of hydrogen-bond donors (Lipinski definition) is 1. The molecule has 21 heavy (non-hydrogen) atoms. The SMILES string of the molecule is COC(CNC(=O)C=Cc1ccoc1)c1ccccc1Cl. The fourth-order valence-electron chi connectivity index (χ4n) is 1.85. The molecule has 4 nitrogen and oxygen atoms in total. The summed E-state index contributed by atoms with van der Waals surface area (Å²) in [6.45, 7) is 0.342. The third kappa shape index (κ3) is 4.48. The summed E-state index contributed by atoms with van der Waals surface area (Å²) in [4.78, 5) is 11.8. The summed E-state index contributed by atoms with van der Waals surface area (Å²) in [5.41, 5.74) is 1.68. The minimum Gasteiger partial charge on any atom is -0.472 e. The van der Waals surface area contributed by atoms with Crippen molar-refractivity contribution in [1.82, 2.24) is 5.32 Å². The lowest BCUT2D eigenvalue weighted by atomic mass is 10.1. The number of hydrogen-bond acceptors (Lipinski definition) is 3. The molecule has 0 fully saturated rings. The molecule has 0 radical (unpaired) electrons. The van der Waals surface area contributed by atoms with Gasteiger partial charge >= 0.3 is 0 Å². The summed E-state index contributed by atoms with van der Waals surface area (Å²) in [5, 5.41) is 3.40. The van der Waals surface area contributed by atoms with Gasteiger partial charge in [-0.15, -0.1) is 0 Å². The van der Waals surface area contributed by atoms with Crippen molar-refractivity contribution in [3.8, 4) is 0 Å². The maximum Gasteiger partial charge on any atom is 0.244 e. The van der Waals surface area contributed by atoms with Crippen LogP contribution in [0.2, 0.25) is 5.02 Å². The van der Waals surface area contributed by atoms with E-state index in [1.165, 1.54) is 6.08 Å². The van der Waals surface area contributed by atoms with Gasteiger partial charge in [-0.1, -0.05) is 29.8 Å². The molecule has 5 heteroatoms. The third-order valence-electron chi connectivity index (χ3n) is 2.97. The Balaban J connectivity index is 1.91. The second-order valence-electron chi connectivity index (χ2n) is 4.38. The lowest BCUT2D eigenvalue weighted by Gasteiger charge is -2.17. The average Bonchev–Trinajstić information content (AvgIpc) is 3.01. The molecular weight excluding hydrogens is 290 g/mol. The predicted molar refractivity (Wildman–Crippen MR) is 82.0 cm³/mol. The second-order valence-corrected chi connectivity index (χ2v) is 4.79. The zero-order valence-electron chi connectivity index (χ0n) is 11.6. The zero-order chi connectivity index (χ0) is 15.1. The number of carbonyl (C=O) groups is 1. The van der Waals surface area contributed by atoms with Gasteiger partial charge in [0.1, 0.15) is 6.10 Å². The summed E-state index contributed by atoms with van der Waals surface area (Å²) in [5.74, 6) is -0.203. The Kier molecular flexibility index (Phi) is 5.60. The Hall–Kier alpha value is -2.04. The lowest BCUT2D eigenvalue weighted by molar-refractivity contribution is -0.117. The minimum absolute atomic E-state index is 0.203. The first kappa shape index (κ1) is 15.4. The molecule has 1 aromatic carbocycles. The molecule has 0 aliphatic heterocycles. The number of halogens is 1. The number of carbonyl (C=O) groups excluding carboxylic acids is 1.